The Kier molecular flexibility index (Phi) is 5.08. The number of ether oxygens (including phenoxy) is 1. The van der Waals surface area contributed by atoms with E-state index in [2.05, 4.69) is 5.16 Å². The highest BCUT2D eigenvalue weighted by Crippen LogP contribution is 2.27. The van der Waals surface area contributed by atoms with E-state index >= 15 is 0 Å². The van der Waals surface area contributed by atoms with Crippen molar-refractivity contribution < 1.29 is 14.1 Å². The van der Waals surface area contributed by atoms with Crippen molar-refractivity contribution in [2.75, 3.05) is 24.7 Å². The van der Waals surface area contributed by atoms with Crippen LogP contribution in [0.15, 0.2) is 4.52 Å². The molecule has 1 amide bonds. The minimum atomic E-state index is 0.0681. The van der Waals surface area contributed by atoms with Crippen molar-refractivity contribution in [2.24, 2.45) is 0 Å². The molecule has 2 aliphatic heterocycles. The number of amides is 1. The first-order valence-electron chi connectivity index (χ1n) is 8.16. The Balaban J connectivity index is 1.83. The first kappa shape index (κ1) is 15.9. The minimum absolute atomic E-state index is 0.0681. The number of nitrogens with zero attached hydrogens (tertiary/aromatic N) is 2. The summed E-state index contributed by atoms with van der Waals surface area (Å²) in [6.07, 6.45) is 4.10. The van der Waals surface area contributed by atoms with E-state index in [4.69, 9.17) is 9.26 Å². The Bertz CT molecular complexity index is 519. The number of rotatable bonds is 5. The summed E-state index contributed by atoms with van der Waals surface area (Å²) in [4.78, 5) is 15.2. The molecule has 122 valence electrons. The van der Waals surface area contributed by atoms with E-state index < -0.39 is 0 Å². The van der Waals surface area contributed by atoms with Crippen LogP contribution in [0.2, 0.25) is 0 Å². The van der Waals surface area contributed by atoms with Gasteiger partial charge in [-0.3, -0.25) is 4.79 Å². The summed E-state index contributed by atoms with van der Waals surface area (Å²) >= 11 is 1.92. The van der Waals surface area contributed by atoms with Gasteiger partial charge in [0.1, 0.15) is 11.3 Å². The lowest BCUT2D eigenvalue weighted by Crippen LogP contribution is -2.45. The van der Waals surface area contributed by atoms with Crippen LogP contribution < -0.4 is 0 Å². The number of hydrogen-bond acceptors (Lipinski definition) is 5. The van der Waals surface area contributed by atoms with Crippen LogP contribution in [-0.2, 0) is 11.2 Å². The molecule has 0 N–H and O–H groups in total. The molecule has 3 rings (SSSR count). The fourth-order valence-electron chi connectivity index (χ4n) is 3.25. The summed E-state index contributed by atoms with van der Waals surface area (Å²) in [5.74, 6) is 2.84. The standard InChI is InChI=1S/C16H24N2O3S/c1-3-14-15(11(2)21-17-14)16(19)18(12-6-8-22-10-12)9-13-5-4-7-20-13/h12-13H,3-10H2,1-2H3/t12-,13-/m0/s1. The molecule has 1 aromatic rings. The zero-order valence-corrected chi connectivity index (χ0v) is 14.2. The number of aryl methyl sites for hydroxylation is 2. The summed E-state index contributed by atoms with van der Waals surface area (Å²) in [5, 5.41) is 4.04. The third-order valence-electron chi connectivity index (χ3n) is 4.51. The highest BCUT2D eigenvalue weighted by molar-refractivity contribution is 7.99. The van der Waals surface area contributed by atoms with Crippen LogP contribution in [0.5, 0.6) is 0 Å². The molecule has 0 radical (unpaired) electrons. The van der Waals surface area contributed by atoms with E-state index in [1.165, 1.54) is 0 Å². The number of hydrogen-bond donors (Lipinski definition) is 0. The van der Waals surface area contributed by atoms with Crippen molar-refractivity contribution in [1.82, 2.24) is 10.1 Å². The second kappa shape index (κ2) is 7.04. The van der Waals surface area contributed by atoms with E-state index in [1.807, 2.05) is 30.5 Å². The predicted molar refractivity (Wildman–Crippen MR) is 86.4 cm³/mol. The second-order valence-electron chi connectivity index (χ2n) is 6.02. The number of thioether (sulfide) groups is 1. The molecule has 6 heteroatoms. The van der Waals surface area contributed by atoms with E-state index in [1.54, 1.807) is 0 Å². The monoisotopic (exact) mass is 324 g/mol. The van der Waals surface area contributed by atoms with Crippen molar-refractivity contribution in [2.45, 2.75) is 51.7 Å². The molecule has 1 aromatic heterocycles. The van der Waals surface area contributed by atoms with Crippen LogP contribution >= 0.6 is 11.8 Å². The zero-order valence-electron chi connectivity index (χ0n) is 13.3. The average molecular weight is 324 g/mol. The molecule has 2 fully saturated rings. The van der Waals surface area contributed by atoms with Gasteiger partial charge in [0, 0.05) is 24.9 Å². The maximum Gasteiger partial charge on any atom is 0.259 e. The molecule has 0 saturated carbocycles. The fraction of sp³-hybridized carbons (Fsp3) is 0.750. The number of carbonyl (C=O) groups excluding carboxylic acids is 1. The van der Waals surface area contributed by atoms with Crippen LogP contribution in [0.25, 0.3) is 0 Å². The van der Waals surface area contributed by atoms with Crippen molar-refractivity contribution in [3.8, 4) is 0 Å². The van der Waals surface area contributed by atoms with Gasteiger partial charge in [-0.2, -0.15) is 11.8 Å². The average Bonchev–Trinajstić information content (AvgIpc) is 3.25. The maximum absolute atomic E-state index is 13.1. The molecule has 0 aliphatic carbocycles. The van der Waals surface area contributed by atoms with Crippen LogP contribution in [-0.4, -0.2) is 52.8 Å². The van der Waals surface area contributed by atoms with Crippen molar-refractivity contribution in [3.63, 3.8) is 0 Å². The van der Waals surface area contributed by atoms with E-state index in [0.29, 0.717) is 30.3 Å². The normalized spacial score (nSPS) is 24.8. The molecule has 0 unspecified atom stereocenters. The van der Waals surface area contributed by atoms with Gasteiger partial charge in [-0.15, -0.1) is 0 Å². The first-order valence-corrected chi connectivity index (χ1v) is 9.31. The Hall–Kier alpha value is -1.01. The van der Waals surface area contributed by atoms with E-state index in [-0.39, 0.29) is 12.0 Å². The largest absolute Gasteiger partial charge is 0.376 e. The van der Waals surface area contributed by atoms with Gasteiger partial charge in [0.05, 0.1) is 11.8 Å². The molecule has 0 bridgehead atoms. The van der Waals surface area contributed by atoms with Crippen molar-refractivity contribution in [1.29, 1.82) is 0 Å². The predicted octanol–water partition coefficient (Wildman–Crippen LogP) is 2.67. The van der Waals surface area contributed by atoms with E-state index in [9.17, 15) is 4.79 Å². The molecular formula is C16H24N2O3S. The van der Waals surface area contributed by atoms with Gasteiger partial charge >= 0.3 is 0 Å². The molecule has 3 heterocycles. The Labute approximate surface area is 135 Å². The van der Waals surface area contributed by atoms with Gasteiger partial charge < -0.3 is 14.2 Å². The fourth-order valence-corrected chi connectivity index (χ4v) is 4.47. The molecule has 22 heavy (non-hydrogen) atoms. The molecular weight excluding hydrogens is 300 g/mol. The van der Waals surface area contributed by atoms with Crippen LogP contribution in [0.3, 0.4) is 0 Å². The van der Waals surface area contributed by atoms with Crippen LogP contribution in [0, 0.1) is 6.92 Å². The number of aromatic nitrogens is 1. The third kappa shape index (κ3) is 3.18. The topological polar surface area (TPSA) is 55.6 Å². The SMILES string of the molecule is CCc1noc(C)c1C(=O)N(C[C@@H]1CCCO1)[C@H]1CCSC1. The summed E-state index contributed by atoms with van der Waals surface area (Å²) < 4.78 is 11.0. The highest BCUT2D eigenvalue weighted by atomic mass is 32.2. The summed E-state index contributed by atoms with van der Waals surface area (Å²) in [6, 6.07) is 0.306. The molecule has 2 atom stereocenters. The molecule has 5 nitrogen and oxygen atoms in total. The minimum Gasteiger partial charge on any atom is -0.376 e. The van der Waals surface area contributed by atoms with Gasteiger partial charge in [-0.25, -0.2) is 0 Å². The van der Waals surface area contributed by atoms with Gasteiger partial charge in [0.2, 0.25) is 0 Å². The maximum atomic E-state index is 13.1. The molecule has 0 aromatic carbocycles. The van der Waals surface area contributed by atoms with Crippen LogP contribution in [0.1, 0.15) is 48.0 Å². The molecule has 0 spiro atoms. The summed E-state index contributed by atoms with van der Waals surface area (Å²) in [5.41, 5.74) is 1.43. The lowest BCUT2D eigenvalue weighted by molar-refractivity contribution is 0.0439. The smallest absolute Gasteiger partial charge is 0.259 e. The molecule has 2 aliphatic rings. The van der Waals surface area contributed by atoms with E-state index in [0.717, 1.165) is 43.1 Å². The third-order valence-corrected chi connectivity index (χ3v) is 5.66. The zero-order chi connectivity index (χ0) is 15.5. The summed E-state index contributed by atoms with van der Waals surface area (Å²) in [6.45, 7) is 5.34. The quantitative estimate of drug-likeness (QED) is 0.833. The Morgan fingerprint density at radius 3 is 2.95 bits per heavy atom. The Morgan fingerprint density at radius 1 is 1.45 bits per heavy atom. The van der Waals surface area contributed by atoms with Crippen molar-refractivity contribution in [3.05, 3.63) is 17.0 Å². The van der Waals surface area contributed by atoms with Crippen molar-refractivity contribution >= 4 is 17.7 Å². The Morgan fingerprint density at radius 2 is 2.32 bits per heavy atom. The molecule has 2 saturated heterocycles. The highest BCUT2D eigenvalue weighted by Gasteiger charge is 2.33. The van der Waals surface area contributed by atoms with Gasteiger partial charge in [-0.05, 0) is 38.4 Å². The van der Waals surface area contributed by atoms with Gasteiger partial charge in [0.15, 0.2) is 0 Å². The van der Waals surface area contributed by atoms with Gasteiger partial charge in [-0.1, -0.05) is 12.1 Å². The van der Waals surface area contributed by atoms with Gasteiger partial charge in [0.25, 0.3) is 5.91 Å². The second-order valence-corrected chi connectivity index (χ2v) is 7.17. The summed E-state index contributed by atoms with van der Waals surface area (Å²) in [7, 11) is 0. The van der Waals surface area contributed by atoms with Crippen LogP contribution in [0.4, 0.5) is 0 Å². The first-order chi connectivity index (χ1) is 10.7. The number of carbonyl (C=O) groups is 1. The lowest BCUT2D eigenvalue weighted by Gasteiger charge is -2.30. The lowest BCUT2D eigenvalue weighted by atomic mass is 10.1.